The second kappa shape index (κ2) is 14.3. The SMILES string of the molecule is Fc1cc(F)c(-n2c3ccccc3c3cc(-c4cccc5c4c4ccccc4n5-c4cc(-n5c6ccccc6c6ccccc65)c(F)cc4F)ccc32)cc1-n1c2ccccc2c2ccccc21. The number of benzene rings is 10. The van der Waals surface area contributed by atoms with Crippen molar-refractivity contribution in [1.29, 1.82) is 0 Å². The van der Waals surface area contributed by atoms with E-state index in [9.17, 15) is 0 Å². The Bertz CT molecular complexity index is 4350. The van der Waals surface area contributed by atoms with Crippen molar-refractivity contribution >= 4 is 87.2 Å². The fourth-order valence-electron chi connectivity index (χ4n) is 11.0. The molecule has 0 N–H and O–H groups in total. The summed E-state index contributed by atoms with van der Waals surface area (Å²) in [6.07, 6.45) is 0. The Morgan fingerprint density at radius 2 is 0.544 bits per heavy atom. The van der Waals surface area contributed by atoms with E-state index in [0.717, 1.165) is 110 Å². The number of halogens is 4. The van der Waals surface area contributed by atoms with Crippen LogP contribution < -0.4 is 0 Å². The van der Waals surface area contributed by atoms with Crippen LogP contribution in [0.5, 0.6) is 0 Å². The third-order valence-corrected chi connectivity index (χ3v) is 13.8. The minimum atomic E-state index is -0.691. The molecule has 0 spiro atoms. The van der Waals surface area contributed by atoms with Gasteiger partial charge in [0.25, 0.3) is 0 Å². The Hall–Kier alpha value is -8.88. The van der Waals surface area contributed by atoms with Gasteiger partial charge in [-0.05, 0) is 77.9 Å². The summed E-state index contributed by atoms with van der Waals surface area (Å²) in [7, 11) is 0. The fraction of sp³-hybridized carbons (Fsp3) is 0. The van der Waals surface area contributed by atoms with Crippen molar-refractivity contribution in [2.24, 2.45) is 0 Å². The standard InChI is InChI=1S/C60H34F4N4/c61-44-31-46(63)58(33-56(44)65-48-21-7-1-14-37(48)38-15-2-8-22-49(38)65)67-52-25-11-5-18-41(52)43-30-35(28-29-54(43)67)36-20-13-27-55-60(36)42-19-6-12-26-53(42)68(55)59-34-57(45(62)32-47(59)64)66-50-23-9-3-16-39(50)40-17-4-10-24-51(40)66/h1-34H. The normalized spacial score (nSPS) is 12.1. The molecule has 4 aromatic heterocycles. The highest BCUT2D eigenvalue weighted by Crippen LogP contribution is 2.43. The van der Waals surface area contributed by atoms with Gasteiger partial charge in [0.15, 0.2) is 0 Å². The summed E-state index contributed by atoms with van der Waals surface area (Å²) in [5, 5.41) is 7.46. The van der Waals surface area contributed by atoms with Crippen LogP contribution in [0.25, 0.3) is 121 Å². The zero-order chi connectivity index (χ0) is 45.4. The first-order chi connectivity index (χ1) is 33.4. The quantitative estimate of drug-likeness (QED) is 0.153. The predicted octanol–water partition coefficient (Wildman–Crippen LogP) is 16.3. The third-order valence-electron chi connectivity index (χ3n) is 13.8. The van der Waals surface area contributed by atoms with Gasteiger partial charge >= 0.3 is 0 Å². The molecule has 0 aliphatic heterocycles. The molecular formula is C60H34F4N4. The molecule has 14 aromatic rings. The van der Waals surface area contributed by atoms with Gasteiger partial charge in [-0.1, -0.05) is 127 Å². The maximum atomic E-state index is 16.6. The average molecular weight is 887 g/mol. The maximum absolute atomic E-state index is 16.6. The first-order valence-corrected chi connectivity index (χ1v) is 22.4. The van der Waals surface area contributed by atoms with E-state index in [2.05, 4.69) is 12.1 Å². The molecule has 8 heteroatoms. The number of hydrogen-bond donors (Lipinski definition) is 0. The summed E-state index contributed by atoms with van der Waals surface area (Å²) >= 11 is 0. The molecule has 0 bridgehead atoms. The second-order valence-electron chi connectivity index (χ2n) is 17.4. The second-order valence-corrected chi connectivity index (χ2v) is 17.4. The smallest absolute Gasteiger partial charge is 0.150 e. The Kier molecular flexibility index (Phi) is 8.08. The van der Waals surface area contributed by atoms with Crippen LogP contribution in [0.1, 0.15) is 0 Å². The lowest BCUT2D eigenvalue weighted by Gasteiger charge is -2.15. The highest BCUT2D eigenvalue weighted by Gasteiger charge is 2.25. The Labute approximate surface area is 385 Å². The largest absolute Gasteiger partial charge is 0.306 e. The number of aromatic nitrogens is 4. The summed E-state index contributed by atoms with van der Waals surface area (Å²) in [5.41, 5.74) is 8.99. The molecule has 68 heavy (non-hydrogen) atoms. The van der Waals surface area contributed by atoms with Crippen LogP contribution in [0.3, 0.4) is 0 Å². The van der Waals surface area contributed by atoms with Crippen LogP contribution in [-0.4, -0.2) is 18.3 Å². The van der Waals surface area contributed by atoms with E-state index in [0.29, 0.717) is 0 Å². The van der Waals surface area contributed by atoms with E-state index in [4.69, 9.17) is 0 Å². The predicted molar refractivity (Wildman–Crippen MR) is 269 cm³/mol. The molecular weight excluding hydrogens is 853 g/mol. The number of hydrogen-bond acceptors (Lipinski definition) is 0. The van der Waals surface area contributed by atoms with Gasteiger partial charge in [0.05, 0.1) is 66.9 Å². The van der Waals surface area contributed by atoms with Gasteiger partial charge in [-0.25, -0.2) is 17.6 Å². The molecule has 0 amide bonds. The van der Waals surface area contributed by atoms with Crippen LogP contribution in [0.15, 0.2) is 206 Å². The van der Waals surface area contributed by atoms with Crippen LogP contribution in [0.2, 0.25) is 0 Å². The summed E-state index contributed by atoms with van der Waals surface area (Å²) in [4.78, 5) is 0. The summed E-state index contributed by atoms with van der Waals surface area (Å²) in [5.74, 6) is -2.72. The summed E-state index contributed by atoms with van der Waals surface area (Å²) in [6.45, 7) is 0. The van der Waals surface area contributed by atoms with Crippen LogP contribution in [-0.2, 0) is 0 Å². The maximum Gasteiger partial charge on any atom is 0.150 e. The van der Waals surface area contributed by atoms with E-state index >= 15 is 17.6 Å². The summed E-state index contributed by atoms with van der Waals surface area (Å²) in [6, 6.07) is 64.5. The molecule has 0 fully saturated rings. The van der Waals surface area contributed by atoms with Crippen molar-refractivity contribution in [3.8, 4) is 33.9 Å². The molecule has 0 aliphatic carbocycles. The fourth-order valence-corrected chi connectivity index (χ4v) is 11.0. The molecule has 0 unspecified atom stereocenters. The minimum Gasteiger partial charge on any atom is -0.306 e. The third kappa shape index (κ3) is 5.31. The lowest BCUT2D eigenvalue weighted by atomic mass is 9.98. The van der Waals surface area contributed by atoms with Gasteiger partial charge in [-0.15, -0.1) is 0 Å². The topological polar surface area (TPSA) is 19.7 Å². The first kappa shape index (κ1) is 38.4. The van der Waals surface area contributed by atoms with Crippen molar-refractivity contribution in [3.63, 3.8) is 0 Å². The lowest BCUT2D eigenvalue weighted by Crippen LogP contribution is -2.04. The lowest BCUT2D eigenvalue weighted by molar-refractivity contribution is 0.575. The Morgan fingerprint density at radius 3 is 0.956 bits per heavy atom. The molecule has 0 saturated carbocycles. The van der Waals surface area contributed by atoms with E-state index in [1.54, 1.807) is 12.1 Å². The van der Waals surface area contributed by atoms with Crippen molar-refractivity contribution in [3.05, 3.63) is 230 Å². The van der Waals surface area contributed by atoms with Crippen molar-refractivity contribution < 1.29 is 17.6 Å². The van der Waals surface area contributed by atoms with Gasteiger partial charge < -0.3 is 18.3 Å². The molecule has 0 atom stereocenters. The summed E-state index contributed by atoms with van der Waals surface area (Å²) < 4.78 is 73.1. The molecule has 322 valence electrons. The molecule has 4 nitrogen and oxygen atoms in total. The minimum absolute atomic E-state index is 0.215. The molecule has 14 rings (SSSR count). The van der Waals surface area contributed by atoms with Crippen LogP contribution in [0, 0.1) is 23.3 Å². The van der Waals surface area contributed by atoms with Gasteiger partial charge in [-0.2, -0.15) is 0 Å². The monoisotopic (exact) mass is 886 g/mol. The Balaban J connectivity index is 0.969. The zero-order valence-corrected chi connectivity index (χ0v) is 35.9. The first-order valence-electron chi connectivity index (χ1n) is 22.4. The van der Waals surface area contributed by atoms with E-state index in [1.807, 2.05) is 188 Å². The van der Waals surface area contributed by atoms with Gasteiger partial charge in [-0.3, -0.25) is 0 Å². The number of nitrogens with zero attached hydrogens (tertiary/aromatic N) is 4. The molecule has 0 saturated heterocycles. The van der Waals surface area contributed by atoms with Crippen molar-refractivity contribution in [2.45, 2.75) is 0 Å². The van der Waals surface area contributed by atoms with E-state index in [-0.39, 0.29) is 22.7 Å². The molecule has 10 aromatic carbocycles. The van der Waals surface area contributed by atoms with Gasteiger partial charge in [0, 0.05) is 55.2 Å². The number of rotatable bonds is 5. The number of fused-ring (bicyclic) bond motifs is 12. The highest BCUT2D eigenvalue weighted by molar-refractivity contribution is 6.18. The van der Waals surface area contributed by atoms with Gasteiger partial charge in [0.2, 0.25) is 0 Å². The van der Waals surface area contributed by atoms with E-state index < -0.39 is 23.3 Å². The Morgan fingerprint density at radius 1 is 0.235 bits per heavy atom. The van der Waals surface area contributed by atoms with Crippen LogP contribution in [0.4, 0.5) is 17.6 Å². The zero-order valence-electron chi connectivity index (χ0n) is 35.9. The molecule has 4 heterocycles. The molecule has 0 aliphatic rings. The van der Waals surface area contributed by atoms with Crippen LogP contribution >= 0.6 is 0 Å². The van der Waals surface area contributed by atoms with Crippen molar-refractivity contribution in [2.75, 3.05) is 0 Å². The van der Waals surface area contributed by atoms with E-state index in [1.165, 1.54) is 0 Å². The molecule has 0 radical (unpaired) electrons. The van der Waals surface area contributed by atoms with Gasteiger partial charge in [0.1, 0.15) is 23.3 Å². The number of para-hydroxylation sites is 6. The highest BCUT2D eigenvalue weighted by atomic mass is 19.1. The average Bonchev–Trinajstić information content (AvgIpc) is 4.10. The van der Waals surface area contributed by atoms with Crippen molar-refractivity contribution in [1.82, 2.24) is 18.3 Å².